The van der Waals surface area contributed by atoms with Crippen molar-refractivity contribution in [3.63, 3.8) is 0 Å². The molecular weight excluding hydrogens is 568 g/mol. The van der Waals surface area contributed by atoms with Crippen molar-refractivity contribution in [3.05, 3.63) is 53.4 Å². The summed E-state index contributed by atoms with van der Waals surface area (Å²) in [7, 11) is 3.91. The number of nitrogens with zero attached hydrogens (tertiary/aromatic N) is 9. The first-order valence-corrected chi connectivity index (χ1v) is 15.8. The summed E-state index contributed by atoms with van der Waals surface area (Å²) in [5, 5.41) is 20.4. The minimum Gasteiger partial charge on any atom is -0.369 e. The molecule has 5 aliphatic heterocycles. The van der Waals surface area contributed by atoms with Gasteiger partial charge in [0.15, 0.2) is 11.6 Å². The molecule has 0 aromatic carbocycles. The van der Waals surface area contributed by atoms with Crippen LogP contribution in [0.25, 0.3) is 17.0 Å². The van der Waals surface area contributed by atoms with Crippen molar-refractivity contribution in [2.24, 2.45) is 33.6 Å². The molecule has 2 aromatic heterocycles. The number of aliphatic imine (C=N–C) groups is 1. The van der Waals surface area contributed by atoms with Crippen molar-refractivity contribution in [2.45, 2.75) is 58.9 Å². The maximum Gasteiger partial charge on any atom is 0.270 e. The van der Waals surface area contributed by atoms with Crippen molar-refractivity contribution in [2.75, 3.05) is 26.7 Å². The third-order valence-electron chi connectivity index (χ3n) is 9.53. The van der Waals surface area contributed by atoms with Gasteiger partial charge in [0.1, 0.15) is 17.2 Å². The number of aromatic nitrogens is 3. The topological polar surface area (TPSA) is 124 Å². The van der Waals surface area contributed by atoms with Gasteiger partial charge in [0.05, 0.1) is 17.0 Å². The predicted molar refractivity (Wildman–Crippen MR) is 173 cm³/mol. The van der Waals surface area contributed by atoms with Gasteiger partial charge in [-0.2, -0.15) is 10.2 Å². The van der Waals surface area contributed by atoms with Gasteiger partial charge in [-0.1, -0.05) is 26.8 Å². The molecule has 7 rings (SSSR count). The number of carbonyl (C=O) groups excluding carboxylic acids is 2. The number of rotatable bonds is 6. The van der Waals surface area contributed by atoms with Crippen LogP contribution in [-0.2, 0) is 16.6 Å². The summed E-state index contributed by atoms with van der Waals surface area (Å²) in [6.45, 7) is 8.24. The number of ketones is 1. The highest BCUT2D eigenvalue weighted by Crippen LogP contribution is 2.43. The number of likely N-dealkylation sites (N-methyl/N-ethyl adjacent to an activating group) is 1. The lowest BCUT2D eigenvalue weighted by Crippen LogP contribution is -2.50. The summed E-state index contributed by atoms with van der Waals surface area (Å²) < 4.78 is 1.77. The molecule has 1 amide bonds. The molecule has 1 saturated heterocycles. The fourth-order valence-corrected chi connectivity index (χ4v) is 7.18. The van der Waals surface area contributed by atoms with Crippen LogP contribution >= 0.6 is 0 Å². The van der Waals surface area contributed by atoms with E-state index >= 15 is 0 Å². The fraction of sp³-hybridized carbons (Fsp3) is 0.485. The number of carbonyl (C=O) groups is 2. The summed E-state index contributed by atoms with van der Waals surface area (Å²) in [5.74, 6) is 1.72. The number of hydrogen-bond acceptors (Lipinski definition) is 10. The first-order chi connectivity index (χ1) is 21.6. The smallest absolute Gasteiger partial charge is 0.270 e. The van der Waals surface area contributed by atoms with Crippen LogP contribution in [-0.4, -0.2) is 91.7 Å². The number of hydrazine groups is 1. The van der Waals surface area contributed by atoms with Crippen LogP contribution < -0.4 is 5.32 Å². The second kappa shape index (κ2) is 11.2. The van der Waals surface area contributed by atoms with E-state index in [4.69, 9.17) is 9.98 Å². The number of amides is 1. The Morgan fingerprint density at radius 2 is 2.00 bits per heavy atom. The van der Waals surface area contributed by atoms with E-state index in [0.717, 1.165) is 59.1 Å². The van der Waals surface area contributed by atoms with E-state index in [1.165, 1.54) is 0 Å². The Hall–Kier alpha value is -4.45. The molecule has 7 heterocycles. The number of likely N-dealkylation sites (tertiary alicyclic amines) is 1. The third-order valence-corrected chi connectivity index (χ3v) is 9.53. The molecule has 1 fully saturated rings. The van der Waals surface area contributed by atoms with E-state index in [0.29, 0.717) is 43.8 Å². The van der Waals surface area contributed by atoms with E-state index in [-0.39, 0.29) is 23.7 Å². The number of pyridine rings is 1. The van der Waals surface area contributed by atoms with Crippen LogP contribution in [0.5, 0.6) is 0 Å². The van der Waals surface area contributed by atoms with Gasteiger partial charge in [0, 0.05) is 87.3 Å². The van der Waals surface area contributed by atoms with E-state index in [2.05, 4.69) is 45.5 Å². The van der Waals surface area contributed by atoms with Gasteiger partial charge >= 0.3 is 0 Å². The summed E-state index contributed by atoms with van der Waals surface area (Å²) in [6.07, 6.45) is 9.23. The van der Waals surface area contributed by atoms with Crippen molar-refractivity contribution >= 4 is 34.9 Å². The molecule has 5 aliphatic rings. The van der Waals surface area contributed by atoms with Crippen LogP contribution in [0.4, 0.5) is 0 Å². The van der Waals surface area contributed by atoms with Crippen LogP contribution in [0.15, 0.2) is 63.0 Å². The van der Waals surface area contributed by atoms with Gasteiger partial charge in [0.2, 0.25) is 0 Å². The van der Waals surface area contributed by atoms with E-state index < -0.39 is 5.41 Å². The number of aryl methyl sites for hydroxylation is 1. The summed E-state index contributed by atoms with van der Waals surface area (Å²) in [6, 6.07) is 6.03. The molecule has 0 bridgehead atoms. The Morgan fingerprint density at radius 3 is 2.73 bits per heavy atom. The van der Waals surface area contributed by atoms with Crippen molar-refractivity contribution in [3.8, 4) is 11.4 Å². The molecule has 2 atom stereocenters. The largest absolute Gasteiger partial charge is 0.369 e. The average molecular weight is 609 g/mol. The number of fused-ring (bicyclic) bond motifs is 2. The highest BCUT2D eigenvalue weighted by molar-refractivity contribution is 6.40. The number of nitrogens with one attached hydrogen (secondary N) is 1. The molecule has 0 aliphatic carbocycles. The molecule has 1 N–H and O–H groups in total. The van der Waals surface area contributed by atoms with E-state index in [1.807, 2.05) is 55.5 Å². The Kier molecular flexibility index (Phi) is 7.26. The van der Waals surface area contributed by atoms with Gasteiger partial charge in [-0.05, 0) is 37.8 Å². The lowest BCUT2D eigenvalue weighted by Gasteiger charge is -2.41. The molecule has 0 spiro atoms. The highest BCUT2D eigenvalue weighted by atomic mass is 16.2. The Balaban J connectivity index is 1.24. The van der Waals surface area contributed by atoms with Crippen LogP contribution in [0.3, 0.4) is 0 Å². The van der Waals surface area contributed by atoms with Crippen LogP contribution in [0.2, 0.25) is 0 Å². The molecule has 234 valence electrons. The first-order valence-electron chi connectivity index (χ1n) is 15.8. The molecule has 2 unspecified atom stereocenters. The number of hydrogen-bond donors (Lipinski definition) is 1. The van der Waals surface area contributed by atoms with Gasteiger partial charge in [0.25, 0.3) is 5.91 Å². The fourth-order valence-electron chi connectivity index (χ4n) is 7.18. The zero-order chi connectivity index (χ0) is 31.5. The highest BCUT2D eigenvalue weighted by Gasteiger charge is 2.46. The van der Waals surface area contributed by atoms with Gasteiger partial charge < -0.3 is 10.2 Å². The minimum absolute atomic E-state index is 0.0196. The molecule has 12 heteroatoms. The molecule has 0 saturated carbocycles. The standard InChI is InChI=1S/C33H40N10O2/c1-20-10-14-36-38-28(20)32(45)42-15-6-7-22(42)17-33(2,3)29-27-26(44)11-13-34-31(27)43-30(37-29)23(19-41(43)5)21-8-9-24(35-18-21)25-12-16-40(4)39-25/h8-9,12,14,16,18,20,22,34H,6-7,10-11,13,15,17,19H2,1-5H3. The van der Waals surface area contributed by atoms with Gasteiger partial charge in [-0.15, -0.1) is 5.10 Å². The summed E-state index contributed by atoms with van der Waals surface area (Å²) in [5.41, 5.74) is 5.12. The normalized spacial score (nSPS) is 23.7. The maximum atomic E-state index is 13.7. The Bertz CT molecular complexity index is 1710. The quantitative estimate of drug-likeness (QED) is 0.533. The monoisotopic (exact) mass is 608 g/mol. The second-order valence-corrected chi connectivity index (χ2v) is 13.3. The van der Waals surface area contributed by atoms with Crippen molar-refractivity contribution in [1.82, 2.24) is 35.0 Å². The van der Waals surface area contributed by atoms with Crippen molar-refractivity contribution < 1.29 is 9.59 Å². The van der Waals surface area contributed by atoms with E-state index in [9.17, 15) is 9.59 Å². The van der Waals surface area contributed by atoms with Gasteiger partial charge in [-0.25, -0.2) is 15.0 Å². The summed E-state index contributed by atoms with van der Waals surface area (Å²) in [4.78, 5) is 39.3. The zero-order valence-electron chi connectivity index (χ0n) is 26.6. The lowest BCUT2D eigenvalue weighted by molar-refractivity contribution is -0.125. The van der Waals surface area contributed by atoms with E-state index in [1.54, 1.807) is 10.9 Å². The number of Topliss-reactive ketones (excluding diaryl/α,β-unsaturated/α-hetero) is 1. The second-order valence-electron chi connectivity index (χ2n) is 13.3. The predicted octanol–water partition coefficient (Wildman–Crippen LogP) is 3.42. The average Bonchev–Trinajstić information content (AvgIpc) is 3.75. The molecule has 45 heavy (non-hydrogen) atoms. The van der Waals surface area contributed by atoms with Crippen LogP contribution in [0, 0.1) is 11.3 Å². The third kappa shape index (κ3) is 5.10. The lowest BCUT2D eigenvalue weighted by atomic mass is 9.75. The molecule has 2 aromatic rings. The van der Waals surface area contributed by atoms with Crippen molar-refractivity contribution in [1.29, 1.82) is 0 Å². The molecule has 12 nitrogen and oxygen atoms in total. The molecule has 0 radical (unpaired) electrons. The first kappa shape index (κ1) is 29.3. The SMILES string of the molecule is CC1CC=NN=C1C(=O)N1CCCC1CC(C)(C)C1=NC2=C(c3ccc(-c4ccn(C)n4)nc3)CN(C)N2C2=C1C(=O)CCN2. The zero-order valence-corrected chi connectivity index (χ0v) is 26.6. The Labute approximate surface area is 263 Å². The maximum absolute atomic E-state index is 13.7. The van der Waals surface area contributed by atoms with Gasteiger partial charge in [-0.3, -0.25) is 19.3 Å². The Morgan fingerprint density at radius 1 is 1.16 bits per heavy atom. The molecular formula is C33H40N10O2. The summed E-state index contributed by atoms with van der Waals surface area (Å²) >= 11 is 0. The minimum atomic E-state index is -0.493. The number of allylic oxidation sites excluding steroid dienone is 1. The van der Waals surface area contributed by atoms with Crippen LogP contribution in [0.1, 0.15) is 58.4 Å².